The minimum Gasteiger partial charge on any atom is -0.444 e. The van der Waals surface area contributed by atoms with Gasteiger partial charge in [-0.15, -0.1) is 0 Å². The molecule has 1 heterocycles. The zero-order valence-corrected chi connectivity index (χ0v) is 15.4. The third-order valence-corrected chi connectivity index (χ3v) is 4.34. The average Bonchev–Trinajstić information content (AvgIpc) is 2.36. The number of hydrogen-bond acceptors (Lipinski definition) is 3. The number of carbonyl (C=O) groups excluding carboxylic acids is 1. The Hall–Kier alpha value is -1.23. The van der Waals surface area contributed by atoms with Crippen molar-refractivity contribution in [1.29, 1.82) is 0 Å². The van der Waals surface area contributed by atoms with E-state index < -0.39 is 5.60 Å². The van der Waals surface area contributed by atoms with Crippen LogP contribution in [-0.4, -0.2) is 30.3 Å². The van der Waals surface area contributed by atoms with Crippen LogP contribution in [0.15, 0.2) is 28.7 Å². The van der Waals surface area contributed by atoms with Gasteiger partial charge in [-0.1, -0.05) is 22.0 Å². The third-order valence-electron chi connectivity index (χ3n) is 3.84. The second kappa shape index (κ2) is 6.49. The molecule has 1 saturated heterocycles. The number of nitrogens with one attached hydrogen (secondary N) is 1. The number of rotatable bonds is 2. The van der Waals surface area contributed by atoms with Gasteiger partial charge >= 0.3 is 6.09 Å². The lowest BCUT2D eigenvalue weighted by Gasteiger charge is -2.41. The molecule has 1 N–H and O–H groups in total. The van der Waals surface area contributed by atoms with Crippen LogP contribution < -0.4 is 10.2 Å². The van der Waals surface area contributed by atoms with Crippen LogP contribution in [0.4, 0.5) is 10.5 Å². The van der Waals surface area contributed by atoms with Gasteiger partial charge in [-0.25, -0.2) is 4.79 Å². The smallest absolute Gasteiger partial charge is 0.408 e. The second-order valence-electron chi connectivity index (χ2n) is 7.15. The summed E-state index contributed by atoms with van der Waals surface area (Å²) >= 11 is 3.51. The van der Waals surface area contributed by atoms with Crippen LogP contribution in [-0.2, 0) is 4.74 Å². The van der Waals surface area contributed by atoms with Crippen LogP contribution in [0.25, 0.3) is 0 Å². The molecule has 1 aromatic rings. The maximum atomic E-state index is 12.0. The highest BCUT2D eigenvalue weighted by Gasteiger charge is 2.33. The Morgan fingerprint density at radius 3 is 2.50 bits per heavy atom. The zero-order valence-electron chi connectivity index (χ0n) is 13.8. The van der Waals surface area contributed by atoms with E-state index in [0.29, 0.717) is 0 Å². The van der Waals surface area contributed by atoms with E-state index in [9.17, 15) is 4.79 Å². The molecule has 0 aromatic heterocycles. The Bertz CT molecular complexity index is 532. The molecule has 1 amide bonds. The first-order valence-corrected chi connectivity index (χ1v) is 8.48. The lowest BCUT2D eigenvalue weighted by molar-refractivity contribution is 0.0448. The van der Waals surface area contributed by atoms with Crippen molar-refractivity contribution < 1.29 is 9.53 Å². The molecule has 1 fully saturated rings. The molecular weight excluding hydrogens is 344 g/mol. The maximum Gasteiger partial charge on any atom is 0.408 e. The number of amides is 1. The van der Waals surface area contributed by atoms with Crippen LogP contribution in [0.5, 0.6) is 0 Å². The highest BCUT2D eigenvalue weighted by Crippen LogP contribution is 2.28. The molecule has 2 rings (SSSR count). The number of hydrogen-bond donors (Lipinski definition) is 1. The van der Waals surface area contributed by atoms with Crippen molar-refractivity contribution in [1.82, 2.24) is 5.32 Å². The van der Waals surface area contributed by atoms with E-state index in [1.807, 2.05) is 32.9 Å². The standard InChI is InChI=1S/C17H25BrN2O2/c1-16(2,3)22-15(21)19-17(4)8-10-20(11-9-17)14-7-5-6-13(18)12-14/h5-7,12H,8-11H2,1-4H3,(H,19,21). The molecule has 0 aliphatic carbocycles. The van der Waals surface area contributed by atoms with Crippen LogP contribution >= 0.6 is 15.9 Å². The summed E-state index contributed by atoms with van der Waals surface area (Å²) in [6, 6.07) is 8.33. The Kier molecular flexibility index (Phi) is 5.05. The minimum absolute atomic E-state index is 0.204. The van der Waals surface area contributed by atoms with E-state index in [4.69, 9.17) is 4.74 Å². The van der Waals surface area contributed by atoms with E-state index in [2.05, 4.69) is 45.2 Å². The monoisotopic (exact) mass is 368 g/mol. The SMILES string of the molecule is CC1(NC(=O)OC(C)(C)C)CCN(c2cccc(Br)c2)CC1. The van der Waals surface area contributed by atoms with Crippen molar-refractivity contribution in [2.75, 3.05) is 18.0 Å². The fraction of sp³-hybridized carbons (Fsp3) is 0.588. The van der Waals surface area contributed by atoms with Crippen molar-refractivity contribution in [2.45, 2.75) is 51.7 Å². The average molecular weight is 369 g/mol. The summed E-state index contributed by atoms with van der Waals surface area (Å²) < 4.78 is 6.45. The van der Waals surface area contributed by atoms with Gasteiger partial charge in [0.2, 0.25) is 0 Å². The molecule has 0 atom stereocenters. The van der Waals surface area contributed by atoms with Crippen molar-refractivity contribution in [3.05, 3.63) is 28.7 Å². The van der Waals surface area contributed by atoms with Crippen LogP contribution in [0, 0.1) is 0 Å². The highest BCUT2D eigenvalue weighted by atomic mass is 79.9. The number of alkyl carbamates (subject to hydrolysis) is 1. The van der Waals surface area contributed by atoms with E-state index in [-0.39, 0.29) is 11.6 Å². The van der Waals surface area contributed by atoms with Gasteiger partial charge in [0.25, 0.3) is 0 Å². The zero-order chi connectivity index (χ0) is 16.4. The fourth-order valence-corrected chi connectivity index (χ4v) is 2.99. The van der Waals surface area contributed by atoms with E-state index >= 15 is 0 Å². The van der Waals surface area contributed by atoms with Gasteiger partial charge in [-0.05, 0) is 58.7 Å². The normalized spacial score (nSPS) is 18.0. The van der Waals surface area contributed by atoms with Crippen LogP contribution in [0.2, 0.25) is 0 Å². The van der Waals surface area contributed by atoms with E-state index in [1.54, 1.807) is 0 Å². The molecule has 0 bridgehead atoms. The first-order valence-electron chi connectivity index (χ1n) is 7.69. The van der Waals surface area contributed by atoms with Crippen LogP contribution in [0.1, 0.15) is 40.5 Å². The van der Waals surface area contributed by atoms with Crippen molar-refractivity contribution >= 4 is 27.7 Å². The second-order valence-corrected chi connectivity index (χ2v) is 8.07. The van der Waals surface area contributed by atoms with Gasteiger partial charge in [0.1, 0.15) is 5.60 Å². The van der Waals surface area contributed by atoms with Gasteiger partial charge in [0.15, 0.2) is 0 Å². The number of anilines is 1. The Balaban J connectivity index is 1.91. The predicted molar refractivity (Wildman–Crippen MR) is 93.4 cm³/mol. The molecular formula is C17H25BrN2O2. The van der Waals surface area contributed by atoms with E-state index in [0.717, 1.165) is 30.4 Å². The van der Waals surface area contributed by atoms with E-state index in [1.165, 1.54) is 5.69 Å². The van der Waals surface area contributed by atoms with Gasteiger partial charge in [0.05, 0.1) is 0 Å². The molecule has 0 unspecified atom stereocenters. The van der Waals surface area contributed by atoms with Crippen molar-refractivity contribution in [3.63, 3.8) is 0 Å². The lowest BCUT2D eigenvalue weighted by atomic mass is 9.89. The van der Waals surface area contributed by atoms with Gasteiger partial charge in [0, 0.05) is 28.8 Å². The molecule has 1 aromatic carbocycles. The third kappa shape index (κ3) is 4.90. The number of carbonyl (C=O) groups is 1. The summed E-state index contributed by atoms with van der Waals surface area (Å²) in [7, 11) is 0. The molecule has 22 heavy (non-hydrogen) atoms. The summed E-state index contributed by atoms with van der Waals surface area (Å²) in [4.78, 5) is 14.3. The molecule has 5 heteroatoms. The summed E-state index contributed by atoms with van der Waals surface area (Å²) in [5, 5.41) is 3.04. The number of halogens is 1. The lowest BCUT2D eigenvalue weighted by Crippen LogP contribution is -2.54. The summed E-state index contributed by atoms with van der Waals surface area (Å²) in [6.45, 7) is 9.57. The fourth-order valence-electron chi connectivity index (χ4n) is 2.61. The Morgan fingerprint density at radius 1 is 1.32 bits per heavy atom. The Labute approximate surface area is 141 Å². The van der Waals surface area contributed by atoms with Crippen molar-refractivity contribution in [3.8, 4) is 0 Å². The molecule has 0 radical (unpaired) electrons. The molecule has 0 spiro atoms. The molecule has 4 nitrogen and oxygen atoms in total. The number of piperidine rings is 1. The molecule has 122 valence electrons. The number of nitrogens with zero attached hydrogens (tertiary/aromatic N) is 1. The number of benzene rings is 1. The summed E-state index contributed by atoms with van der Waals surface area (Å²) in [5.74, 6) is 0. The van der Waals surface area contributed by atoms with Crippen LogP contribution in [0.3, 0.4) is 0 Å². The first-order chi connectivity index (χ1) is 10.2. The first kappa shape index (κ1) is 17.1. The Morgan fingerprint density at radius 2 is 1.95 bits per heavy atom. The van der Waals surface area contributed by atoms with Gasteiger partial charge in [-0.2, -0.15) is 0 Å². The van der Waals surface area contributed by atoms with Gasteiger partial charge < -0.3 is 15.0 Å². The largest absolute Gasteiger partial charge is 0.444 e. The number of ether oxygens (including phenoxy) is 1. The predicted octanol–water partition coefficient (Wildman–Crippen LogP) is 4.33. The molecule has 1 aliphatic heterocycles. The summed E-state index contributed by atoms with van der Waals surface area (Å²) in [6.07, 6.45) is 1.48. The quantitative estimate of drug-likeness (QED) is 0.844. The summed E-state index contributed by atoms with van der Waals surface area (Å²) in [5.41, 5.74) is 0.552. The minimum atomic E-state index is -0.461. The van der Waals surface area contributed by atoms with Crippen molar-refractivity contribution in [2.24, 2.45) is 0 Å². The molecule has 0 saturated carbocycles. The topological polar surface area (TPSA) is 41.6 Å². The highest BCUT2D eigenvalue weighted by molar-refractivity contribution is 9.10. The molecule has 1 aliphatic rings. The van der Waals surface area contributed by atoms with Gasteiger partial charge in [-0.3, -0.25) is 0 Å². The maximum absolute atomic E-state index is 12.0.